The zero-order valence-electron chi connectivity index (χ0n) is 9.98. The van der Waals surface area contributed by atoms with Gasteiger partial charge in [0.25, 0.3) is 5.97 Å². The Morgan fingerprint density at radius 3 is 2.56 bits per heavy atom. The summed E-state index contributed by atoms with van der Waals surface area (Å²) in [7, 11) is 1.84. The van der Waals surface area contributed by atoms with Gasteiger partial charge in [0.1, 0.15) is 0 Å². The molecule has 0 aliphatic carbocycles. The van der Waals surface area contributed by atoms with Gasteiger partial charge in [0.15, 0.2) is 0 Å². The number of carbonyl (C=O) groups excluding carboxylic acids is 1. The number of carboxylic acids is 1. The molecular weight excluding hydrogens is 210 g/mol. The molecule has 0 aromatic rings. The third-order valence-electron chi connectivity index (χ3n) is 2.15. The van der Waals surface area contributed by atoms with Crippen LogP contribution in [0.3, 0.4) is 0 Å². The van der Waals surface area contributed by atoms with Gasteiger partial charge in [0.2, 0.25) is 0 Å². The smallest absolute Gasteiger partial charge is 0.319 e. The molecule has 1 rings (SSSR count). The molecule has 0 radical (unpaired) electrons. The monoisotopic (exact) mass is 231 g/mol. The molecule has 1 fully saturated rings. The van der Waals surface area contributed by atoms with E-state index in [9.17, 15) is 4.79 Å². The molecule has 0 aromatic carbocycles. The van der Waals surface area contributed by atoms with E-state index in [1.807, 2.05) is 11.9 Å². The van der Waals surface area contributed by atoms with E-state index in [4.69, 9.17) is 15.6 Å². The molecule has 1 heterocycles. The zero-order chi connectivity index (χ0) is 12.6. The van der Waals surface area contributed by atoms with Gasteiger partial charge in [-0.05, 0) is 19.4 Å². The highest BCUT2D eigenvalue weighted by molar-refractivity contribution is 5.74. The van der Waals surface area contributed by atoms with E-state index in [-0.39, 0.29) is 6.03 Å². The highest BCUT2D eigenvalue weighted by Crippen LogP contribution is 2.06. The number of nitrogens with zero attached hydrogens (tertiary/aromatic N) is 2. The maximum absolute atomic E-state index is 11.4. The molecule has 0 unspecified atom stereocenters. The summed E-state index contributed by atoms with van der Waals surface area (Å²) in [6.07, 6.45) is 1.98. The highest BCUT2D eigenvalue weighted by Gasteiger charge is 2.21. The van der Waals surface area contributed by atoms with Gasteiger partial charge in [-0.15, -0.1) is 0 Å². The summed E-state index contributed by atoms with van der Waals surface area (Å²) in [5.74, 6) is -0.833. The number of amides is 2. The average Bonchev–Trinajstić information content (AvgIpc) is 2.19. The van der Waals surface area contributed by atoms with Gasteiger partial charge in [0, 0.05) is 33.6 Å². The Labute approximate surface area is 96.0 Å². The van der Waals surface area contributed by atoms with Crippen LogP contribution in [0.5, 0.6) is 0 Å². The lowest BCUT2D eigenvalue weighted by molar-refractivity contribution is -0.134. The van der Waals surface area contributed by atoms with Crippen LogP contribution in [0.1, 0.15) is 19.8 Å². The van der Waals surface area contributed by atoms with Gasteiger partial charge < -0.3 is 20.6 Å². The van der Waals surface area contributed by atoms with Crippen molar-refractivity contribution in [1.82, 2.24) is 9.80 Å². The van der Waals surface area contributed by atoms with Gasteiger partial charge in [-0.3, -0.25) is 4.79 Å². The molecule has 0 spiro atoms. The number of rotatable bonds is 3. The quantitative estimate of drug-likeness (QED) is 0.725. The van der Waals surface area contributed by atoms with Crippen LogP contribution in [-0.2, 0) is 4.79 Å². The Balaban J connectivity index is 0.000000487. The lowest BCUT2D eigenvalue weighted by Crippen LogP contribution is -2.47. The second-order valence-electron chi connectivity index (χ2n) is 3.71. The molecule has 0 saturated carbocycles. The summed E-state index contributed by atoms with van der Waals surface area (Å²) in [6, 6.07) is 0.148. The number of carboxylic acid groups (broad SMARTS) is 1. The first-order valence-corrected chi connectivity index (χ1v) is 5.38. The Bertz CT molecular complexity index is 229. The van der Waals surface area contributed by atoms with Gasteiger partial charge in [-0.2, -0.15) is 0 Å². The number of carbonyl (C=O) groups is 2. The Hall–Kier alpha value is -1.30. The maximum Gasteiger partial charge on any atom is 0.319 e. The lowest BCUT2D eigenvalue weighted by Gasteiger charge is -2.33. The summed E-state index contributed by atoms with van der Waals surface area (Å²) >= 11 is 0. The fourth-order valence-electron chi connectivity index (χ4n) is 1.42. The number of urea groups is 1. The van der Waals surface area contributed by atoms with Crippen LogP contribution in [0.25, 0.3) is 0 Å². The van der Waals surface area contributed by atoms with E-state index in [1.165, 1.54) is 0 Å². The molecule has 3 N–H and O–H groups in total. The van der Waals surface area contributed by atoms with Crippen molar-refractivity contribution in [1.29, 1.82) is 0 Å². The summed E-state index contributed by atoms with van der Waals surface area (Å²) in [5.41, 5.74) is 5.37. The van der Waals surface area contributed by atoms with Gasteiger partial charge >= 0.3 is 6.03 Å². The largest absolute Gasteiger partial charge is 0.481 e. The molecule has 6 nitrogen and oxygen atoms in total. The molecule has 2 amide bonds. The summed E-state index contributed by atoms with van der Waals surface area (Å²) < 4.78 is 0. The van der Waals surface area contributed by atoms with Crippen LogP contribution >= 0.6 is 0 Å². The minimum atomic E-state index is -0.833. The number of hydrogen-bond donors (Lipinski definition) is 2. The maximum atomic E-state index is 11.4. The van der Waals surface area contributed by atoms with Crippen molar-refractivity contribution in [2.45, 2.75) is 19.8 Å². The predicted molar refractivity (Wildman–Crippen MR) is 61.2 cm³/mol. The SMILES string of the molecule is CC(=O)O.CN1CCCN(CCCN)C1=O. The standard InChI is InChI=1S/C8H17N3O.C2H4O2/c1-10-5-3-7-11(8(10)12)6-2-4-9;1-2(3)4/h2-7,9H2,1H3;1H3,(H,3,4). The van der Waals surface area contributed by atoms with Crippen LogP contribution in [0.15, 0.2) is 0 Å². The van der Waals surface area contributed by atoms with Crippen molar-refractivity contribution in [3.8, 4) is 0 Å². The van der Waals surface area contributed by atoms with E-state index in [2.05, 4.69) is 0 Å². The van der Waals surface area contributed by atoms with Crippen molar-refractivity contribution in [2.24, 2.45) is 5.73 Å². The van der Waals surface area contributed by atoms with E-state index in [1.54, 1.807) is 4.90 Å². The normalized spacial score (nSPS) is 15.6. The van der Waals surface area contributed by atoms with Crippen molar-refractivity contribution >= 4 is 12.0 Å². The van der Waals surface area contributed by atoms with E-state index in [0.29, 0.717) is 6.54 Å². The third kappa shape index (κ3) is 6.23. The molecule has 0 bridgehead atoms. The molecule has 1 aliphatic rings. The van der Waals surface area contributed by atoms with E-state index < -0.39 is 5.97 Å². The second-order valence-corrected chi connectivity index (χ2v) is 3.71. The third-order valence-corrected chi connectivity index (χ3v) is 2.15. The minimum Gasteiger partial charge on any atom is -0.481 e. The molecule has 16 heavy (non-hydrogen) atoms. The van der Waals surface area contributed by atoms with Crippen LogP contribution in [0.2, 0.25) is 0 Å². The van der Waals surface area contributed by atoms with Crippen molar-refractivity contribution in [3.05, 3.63) is 0 Å². The Morgan fingerprint density at radius 1 is 1.50 bits per heavy atom. The number of nitrogens with two attached hydrogens (primary N) is 1. The van der Waals surface area contributed by atoms with Crippen LogP contribution in [0, 0.1) is 0 Å². The van der Waals surface area contributed by atoms with E-state index >= 15 is 0 Å². The average molecular weight is 231 g/mol. The fraction of sp³-hybridized carbons (Fsp3) is 0.800. The van der Waals surface area contributed by atoms with Crippen molar-refractivity contribution < 1.29 is 14.7 Å². The van der Waals surface area contributed by atoms with Crippen LogP contribution in [0.4, 0.5) is 4.79 Å². The van der Waals surface area contributed by atoms with Gasteiger partial charge in [-0.25, -0.2) is 4.79 Å². The molecule has 0 atom stereocenters. The summed E-state index contributed by atoms with van der Waals surface area (Å²) in [6.45, 7) is 4.33. The lowest BCUT2D eigenvalue weighted by atomic mass is 10.3. The van der Waals surface area contributed by atoms with Crippen molar-refractivity contribution in [3.63, 3.8) is 0 Å². The van der Waals surface area contributed by atoms with Crippen LogP contribution in [-0.4, -0.2) is 60.1 Å². The molecular formula is C10H21N3O3. The topological polar surface area (TPSA) is 86.9 Å². The first-order chi connectivity index (χ1) is 7.49. The molecule has 1 saturated heterocycles. The number of hydrogen-bond acceptors (Lipinski definition) is 3. The minimum absolute atomic E-state index is 0.148. The Morgan fingerprint density at radius 2 is 2.06 bits per heavy atom. The van der Waals surface area contributed by atoms with E-state index in [0.717, 1.165) is 39.4 Å². The number of aliphatic carboxylic acids is 1. The Kier molecular flexibility index (Phi) is 7.28. The molecule has 6 heteroatoms. The molecule has 1 aliphatic heterocycles. The predicted octanol–water partition coefficient (Wildman–Crippen LogP) is 0.184. The molecule has 0 aromatic heterocycles. The van der Waals surface area contributed by atoms with Gasteiger partial charge in [-0.1, -0.05) is 0 Å². The first-order valence-electron chi connectivity index (χ1n) is 5.38. The zero-order valence-corrected chi connectivity index (χ0v) is 9.98. The second kappa shape index (κ2) is 7.92. The first kappa shape index (κ1) is 14.7. The highest BCUT2D eigenvalue weighted by atomic mass is 16.4. The summed E-state index contributed by atoms with van der Waals surface area (Å²) in [5, 5.41) is 7.42. The fourth-order valence-corrected chi connectivity index (χ4v) is 1.42. The molecule has 94 valence electrons. The van der Waals surface area contributed by atoms with Crippen molar-refractivity contribution in [2.75, 3.05) is 33.2 Å². The summed E-state index contributed by atoms with van der Waals surface area (Å²) in [4.78, 5) is 24.1. The van der Waals surface area contributed by atoms with Gasteiger partial charge in [0.05, 0.1) is 0 Å². The van der Waals surface area contributed by atoms with Crippen LogP contribution < -0.4 is 5.73 Å².